The summed E-state index contributed by atoms with van der Waals surface area (Å²) in [5, 5.41) is 0. The highest BCUT2D eigenvalue weighted by Crippen LogP contribution is 1.66. The first-order chi connectivity index (χ1) is 4.41. The fraction of sp³-hybridized carbons (Fsp3) is 0.333. The van der Waals surface area contributed by atoms with Gasteiger partial charge in [-0.25, -0.2) is 9.97 Å². The third-order valence-corrected chi connectivity index (χ3v) is 0.478. The fourth-order valence-corrected chi connectivity index (χ4v) is 0.253. The number of methoxy groups -OCH3 is 1. The van der Waals surface area contributed by atoms with Crippen molar-refractivity contribution < 1.29 is 4.74 Å². The van der Waals surface area contributed by atoms with E-state index in [0.717, 1.165) is 0 Å². The lowest BCUT2D eigenvalue weighted by atomic mass is 10.7. The van der Waals surface area contributed by atoms with Crippen LogP contribution in [-0.2, 0) is 4.74 Å². The summed E-state index contributed by atoms with van der Waals surface area (Å²) < 4.78 is 4.25. The number of rotatable bonds is 0. The summed E-state index contributed by atoms with van der Waals surface area (Å²) in [4.78, 5) is 7.35. The number of hydrogen-bond donors (Lipinski definition) is 0. The van der Waals surface area contributed by atoms with Crippen LogP contribution in [0.5, 0.6) is 0 Å². The summed E-state index contributed by atoms with van der Waals surface area (Å²) >= 11 is 0. The number of nitrogens with zero attached hydrogens (tertiary/aromatic N) is 2. The SMILES string of the molecule is COC.c1cncnc1. The van der Waals surface area contributed by atoms with Crippen LogP contribution in [-0.4, -0.2) is 24.2 Å². The first-order valence-electron chi connectivity index (χ1n) is 2.52. The van der Waals surface area contributed by atoms with E-state index < -0.39 is 0 Å². The predicted octanol–water partition coefficient (Wildman–Crippen LogP) is 0.739. The molecule has 0 unspecified atom stereocenters. The van der Waals surface area contributed by atoms with E-state index in [9.17, 15) is 0 Å². The molecule has 0 amide bonds. The quantitative estimate of drug-likeness (QED) is 0.514. The van der Waals surface area contributed by atoms with Gasteiger partial charge in [-0.3, -0.25) is 0 Å². The van der Waals surface area contributed by atoms with Crippen LogP contribution in [0.3, 0.4) is 0 Å². The van der Waals surface area contributed by atoms with E-state index in [1.165, 1.54) is 6.33 Å². The van der Waals surface area contributed by atoms with Gasteiger partial charge in [0.2, 0.25) is 0 Å². The minimum Gasteiger partial charge on any atom is -0.388 e. The highest BCUT2D eigenvalue weighted by Gasteiger charge is 1.59. The van der Waals surface area contributed by atoms with Crippen LogP contribution in [0.2, 0.25) is 0 Å². The lowest BCUT2D eigenvalue weighted by molar-refractivity contribution is 0.277. The lowest BCUT2D eigenvalue weighted by Gasteiger charge is -1.70. The number of hydrogen-bond acceptors (Lipinski definition) is 3. The van der Waals surface area contributed by atoms with Crippen LogP contribution in [0.1, 0.15) is 0 Å². The predicted molar refractivity (Wildman–Crippen MR) is 35.0 cm³/mol. The zero-order valence-corrected chi connectivity index (χ0v) is 5.61. The van der Waals surface area contributed by atoms with E-state index in [2.05, 4.69) is 14.7 Å². The normalized spacial score (nSPS) is 7.33. The average molecular weight is 126 g/mol. The van der Waals surface area contributed by atoms with E-state index >= 15 is 0 Å². The standard InChI is InChI=1S/C4H4N2.C2H6O/c1-2-5-4-6-3-1;1-3-2/h1-4H;1-2H3. The van der Waals surface area contributed by atoms with Gasteiger partial charge >= 0.3 is 0 Å². The van der Waals surface area contributed by atoms with E-state index in [0.29, 0.717) is 0 Å². The second-order valence-electron chi connectivity index (χ2n) is 1.31. The van der Waals surface area contributed by atoms with E-state index in [1.807, 2.05) is 0 Å². The Morgan fingerprint density at radius 1 is 1.11 bits per heavy atom. The van der Waals surface area contributed by atoms with E-state index in [-0.39, 0.29) is 0 Å². The van der Waals surface area contributed by atoms with Crippen LogP contribution in [0, 0.1) is 0 Å². The second kappa shape index (κ2) is 7.04. The van der Waals surface area contributed by atoms with Crippen LogP contribution < -0.4 is 0 Å². The molecule has 1 aromatic rings. The zero-order valence-electron chi connectivity index (χ0n) is 5.61. The van der Waals surface area contributed by atoms with Gasteiger partial charge in [0.25, 0.3) is 0 Å². The van der Waals surface area contributed by atoms with Crippen molar-refractivity contribution >= 4 is 0 Å². The van der Waals surface area contributed by atoms with Gasteiger partial charge in [-0.2, -0.15) is 0 Å². The van der Waals surface area contributed by atoms with Crippen LogP contribution in [0.15, 0.2) is 24.8 Å². The van der Waals surface area contributed by atoms with Crippen LogP contribution >= 0.6 is 0 Å². The average Bonchev–Trinajstić information content (AvgIpc) is 1.93. The van der Waals surface area contributed by atoms with Gasteiger partial charge in [-0.05, 0) is 6.07 Å². The Morgan fingerprint density at radius 3 is 1.67 bits per heavy atom. The molecular formula is C6H10N2O. The van der Waals surface area contributed by atoms with Crippen molar-refractivity contribution in [3.8, 4) is 0 Å². The number of aromatic nitrogens is 2. The van der Waals surface area contributed by atoms with E-state index in [4.69, 9.17) is 0 Å². The topological polar surface area (TPSA) is 35.0 Å². The fourth-order valence-electron chi connectivity index (χ4n) is 0.253. The smallest absolute Gasteiger partial charge is 0.115 e. The highest BCUT2D eigenvalue weighted by atomic mass is 16.4. The Balaban J connectivity index is 0.000000187. The monoisotopic (exact) mass is 126 g/mol. The van der Waals surface area contributed by atoms with Crippen molar-refractivity contribution in [2.75, 3.05) is 14.2 Å². The minimum atomic E-state index is 1.50. The Bertz CT molecular complexity index is 93.9. The molecule has 1 heterocycles. The molecular weight excluding hydrogens is 116 g/mol. The van der Waals surface area contributed by atoms with Crippen molar-refractivity contribution in [3.63, 3.8) is 0 Å². The first kappa shape index (κ1) is 8.04. The summed E-state index contributed by atoms with van der Waals surface area (Å²) in [5.41, 5.74) is 0. The molecule has 9 heavy (non-hydrogen) atoms. The van der Waals surface area contributed by atoms with Gasteiger partial charge in [-0.1, -0.05) is 0 Å². The van der Waals surface area contributed by atoms with Crippen molar-refractivity contribution in [3.05, 3.63) is 24.8 Å². The minimum absolute atomic E-state index is 1.50. The summed E-state index contributed by atoms with van der Waals surface area (Å²) in [6, 6.07) is 1.78. The van der Waals surface area contributed by atoms with Gasteiger partial charge in [-0.15, -0.1) is 0 Å². The molecule has 0 atom stereocenters. The Kier molecular flexibility index (Phi) is 6.29. The molecule has 0 bridgehead atoms. The molecule has 1 rings (SSSR count). The first-order valence-corrected chi connectivity index (χ1v) is 2.52. The lowest BCUT2D eigenvalue weighted by Crippen LogP contribution is -1.66. The Morgan fingerprint density at radius 2 is 1.56 bits per heavy atom. The molecule has 0 spiro atoms. The molecule has 1 aromatic heterocycles. The molecule has 0 saturated carbocycles. The molecule has 3 heteroatoms. The summed E-state index contributed by atoms with van der Waals surface area (Å²) in [5.74, 6) is 0. The highest BCUT2D eigenvalue weighted by molar-refractivity contribution is 4.74. The molecule has 0 aliphatic carbocycles. The second-order valence-corrected chi connectivity index (χ2v) is 1.31. The Hall–Kier alpha value is -0.960. The van der Waals surface area contributed by atoms with Crippen molar-refractivity contribution in [1.82, 2.24) is 9.97 Å². The number of ether oxygens (including phenoxy) is 1. The van der Waals surface area contributed by atoms with Crippen molar-refractivity contribution in [2.24, 2.45) is 0 Å². The van der Waals surface area contributed by atoms with E-state index in [1.54, 1.807) is 32.7 Å². The summed E-state index contributed by atoms with van der Waals surface area (Å²) in [6.45, 7) is 0. The maximum Gasteiger partial charge on any atom is 0.115 e. The maximum atomic E-state index is 4.25. The van der Waals surface area contributed by atoms with Crippen LogP contribution in [0.4, 0.5) is 0 Å². The third kappa shape index (κ3) is 7.04. The molecule has 0 saturated heterocycles. The third-order valence-electron chi connectivity index (χ3n) is 0.478. The summed E-state index contributed by atoms with van der Waals surface area (Å²) in [7, 11) is 3.25. The van der Waals surface area contributed by atoms with Gasteiger partial charge in [0.15, 0.2) is 0 Å². The molecule has 3 nitrogen and oxygen atoms in total. The van der Waals surface area contributed by atoms with Gasteiger partial charge in [0.1, 0.15) is 6.33 Å². The van der Waals surface area contributed by atoms with Crippen molar-refractivity contribution in [1.29, 1.82) is 0 Å². The molecule has 0 aliphatic heterocycles. The van der Waals surface area contributed by atoms with Gasteiger partial charge in [0, 0.05) is 26.6 Å². The molecule has 0 aliphatic rings. The molecule has 0 fully saturated rings. The largest absolute Gasteiger partial charge is 0.388 e. The molecule has 0 aromatic carbocycles. The Labute approximate surface area is 54.7 Å². The van der Waals surface area contributed by atoms with Gasteiger partial charge < -0.3 is 4.74 Å². The van der Waals surface area contributed by atoms with Crippen LogP contribution in [0.25, 0.3) is 0 Å². The zero-order chi connectivity index (χ0) is 6.95. The van der Waals surface area contributed by atoms with Crippen molar-refractivity contribution in [2.45, 2.75) is 0 Å². The molecule has 50 valence electrons. The molecule has 0 N–H and O–H groups in total. The summed E-state index contributed by atoms with van der Waals surface area (Å²) in [6.07, 6.45) is 4.88. The maximum absolute atomic E-state index is 4.25. The molecule has 0 radical (unpaired) electrons. The van der Waals surface area contributed by atoms with Gasteiger partial charge in [0.05, 0.1) is 0 Å².